The minimum Gasteiger partial charge on any atom is -0.475 e. The van der Waals surface area contributed by atoms with Crippen LogP contribution < -0.4 is 5.32 Å². The van der Waals surface area contributed by atoms with Gasteiger partial charge in [-0.05, 0) is 47.9 Å². The smallest absolute Gasteiger partial charge is 0.475 e. The molecule has 0 saturated carbocycles. The second-order valence-electron chi connectivity index (χ2n) is 4.67. The Morgan fingerprint density at radius 2 is 1.96 bits per heavy atom. The highest BCUT2D eigenvalue weighted by Gasteiger charge is 2.38. The molecule has 0 spiro atoms. The van der Waals surface area contributed by atoms with Crippen LogP contribution in [0.2, 0.25) is 0 Å². The van der Waals surface area contributed by atoms with Gasteiger partial charge in [-0.2, -0.15) is 24.5 Å². The van der Waals surface area contributed by atoms with Gasteiger partial charge in [-0.1, -0.05) is 0 Å². The first-order chi connectivity index (χ1) is 11.2. The summed E-state index contributed by atoms with van der Waals surface area (Å²) >= 11 is 1.66. The van der Waals surface area contributed by atoms with Crippen LogP contribution in [0, 0.1) is 6.92 Å². The molecule has 24 heavy (non-hydrogen) atoms. The van der Waals surface area contributed by atoms with E-state index in [-0.39, 0.29) is 5.91 Å². The van der Waals surface area contributed by atoms with Gasteiger partial charge in [0.05, 0.1) is 11.9 Å². The van der Waals surface area contributed by atoms with Crippen LogP contribution in [-0.2, 0) is 16.0 Å². The number of hydrogen-bond donors (Lipinski definition) is 2. The molecule has 2 aromatic heterocycles. The Labute approximate surface area is 140 Å². The van der Waals surface area contributed by atoms with Crippen LogP contribution in [0.3, 0.4) is 0 Å². The summed E-state index contributed by atoms with van der Waals surface area (Å²) in [5, 5.41) is 14.1. The van der Waals surface area contributed by atoms with Crippen molar-refractivity contribution in [1.29, 1.82) is 0 Å². The second-order valence-corrected chi connectivity index (χ2v) is 5.45. The van der Waals surface area contributed by atoms with Crippen LogP contribution >= 0.6 is 11.3 Å². The first-order valence-electron chi connectivity index (χ1n) is 6.72. The molecule has 0 atom stereocenters. The molecule has 2 aromatic rings. The molecule has 0 aliphatic heterocycles. The van der Waals surface area contributed by atoms with Crippen LogP contribution in [0.4, 0.5) is 18.9 Å². The second kappa shape index (κ2) is 9.02. The van der Waals surface area contributed by atoms with Gasteiger partial charge in [-0.3, -0.25) is 9.78 Å². The molecule has 0 saturated heterocycles. The first-order valence-corrected chi connectivity index (χ1v) is 7.66. The molecule has 0 aliphatic carbocycles. The van der Waals surface area contributed by atoms with Gasteiger partial charge in [0.1, 0.15) is 0 Å². The lowest BCUT2D eigenvalue weighted by Gasteiger charge is -2.04. The number of thiophene rings is 1. The summed E-state index contributed by atoms with van der Waals surface area (Å²) in [7, 11) is 0. The summed E-state index contributed by atoms with van der Waals surface area (Å²) in [6.45, 7) is 1.92. The van der Waals surface area contributed by atoms with Crippen molar-refractivity contribution in [2.24, 2.45) is 0 Å². The van der Waals surface area contributed by atoms with Gasteiger partial charge in [0.2, 0.25) is 5.91 Å². The van der Waals surface area contributed by atoms with Crippen molar-refractivity contribution in [2.45, 2.75) is 25.9 Å². The van der Waals surface area contributed by atoms with E-state index < -0.39 is 12.1 Å². The van der Waals surface area contributed by atoms with E-state index in [1.165, 1.54) is 5.56 Å². The summed E-state index contributed by atoms with van der Waals surface area (Å²) in [6, 6.07) is 5.80. The highest BCUT2D eigenvalue weighted by atomic mass is 32.1. The van der Waals surface area contributed by atoms with Crippen molar-refractivity contribution in [3.63, 3.8) is 0 Å². The van der Waals surface area contributed by atoms with Gasteiger partial charge >= 0.3 is 12.1 Å². The molecular formula is C15H15F3N2O3S. The molecule has 0 aromatic carbocycles. The third-order valence-electron chi connectivity index (χ3n) is 2.66. The molecule has 2 heterocycles. The summed E-state index contributed by atoms with van der Waals surface area (Å²) in [5.41, 5.74) is 2.92. The topological polar surface area (TPSA) is 79.3 Å². The van der Waals surface area contributed by atoms with E-state index in [2.05, 4.69) is 15.7 Å². The van der Waals surface area contributed by atoms with Gasteiger partial charge < -0.3 is 10.4 Å². The number of hydrogen-bond acceptors (Lipinski definition) is 4. The molecule has 0 bridgehead atoms. The summed E-state index contributed by atoms with van der Waals surface area (Å²) in [6.07, 6.45) is -2.11. The van der Waals surface area contributed by atoms with E-state index in [1.54, 1.807) is 17.5 Å². The zero-order valence-corrected chi connectivity index (χ0v) is 13.4. The highest BCUT2D eigenvalue weighted by Crippen LogP contribution is 2.13. The number of nitrogens with zero attached hydrogens (tertiary/aromatic N) is 1. The third kappa shape index (κ3) is 7.73. The normalized spacial score (nSPS) is 10.5. The average Bonchev–Trinajstić information content (AvgIpc) is 3.01. The van der Waals surface area contributed by atoms with Crippen LogP contribution in [0.15, 0.2) is 35.2 Å². The fourth-order valence-corrected chi connectivity index (χ4v) is 2.16. The Morgan fingerprint density at radius 1 is 1.29 bits per heavy atom. The quantitative estimate of drug-likeness (QED) is 0.872. The van der Waals surface area contributed by atoms with Gasteiger partial charge in [-0.15, -0.1) is 0 Å². The minimum atomic E-state index is -5.08. The van der Waals surface area contributed by atoms with E-state index in [1.807, 2.05) is 30.5 Å². The van der Waals surface area contributed by atoms with Crippen molar-refractivity contribution in [2.75, 3.05) is 5.32 Å². The fourth-order valence-electron chi connectivity index (χ4n) is 1.46. The Kier molecular flexibility index (Phi) is 7.37. The summed E-state index contributed by atoms with van der Waals surface area (Å²) in [4.78, 5) is 24.7. The number of nitrogens with one attached hydrogen (secondary N) is 1. The SMILES string of the molecule is Cc1ccc(NC(=O)CCc2ccsc2)cn1.O=C(O)C(F)(F)F. The van der Waals surface area contributed by atoms with E-state index >= 15 is 0 Å². The first kappa shape index (κ1) is 19.6. The Bertz CT molecular complexity index is 656. The third-order valence-corrected chi connectivity index (χ3v) is 3.39. The molecule has 1 amide bonds. The molecule has 130 valence electrons. The minimum absolute atomic E-state index is 0.0295. The predicted molar refractivity (Wildman–Crippen MR) is 83.9 cm³/mol. The lowest BCUT2D eigenvalue weighted by molar-refractivity contribution is -0.192. The van der Waals surface area contributed by atoms with Gasteiger partial charge in [-0.25, -0.2) is 4.79 Å². The Balaban J connectivity index is 0.000000351. The van der Waals surface area contributed by atoms with Gasteiger partial charge in [0, 0.05) is 12.1 Å². The maximum Gasteiger partial charge on any atom is 0.490 e. The van der Waals surface area contributed by atoms with Crippen molar-refractivity contribution >= 4 is 28.9 Å². The number of amides is 1. The largest absolute Gasteiger partial charge is 0.490 e. The summed E-state index contributed by atoms with van der Waals surface area (Å²) in [5.74, 6) is -2.73. The molecule has 5 nitrogen and oxygen atoms in total. The van der Waals surface area contributed by atoms with Crippen molar-refractivity contribution in [3.8, 4) is 0 Å². The van der Waals surface area contributed by atoms with Crippen molar-refractivity contribution in [3.05, 3.63) is 46.4 Å². The van der Waals surface area contributed by atoms with Gasteiger partial charge in [0.15, 0.2) is 0 Å². The van der Waals surface area contributed by atoms with Crippen LogP contribution in [0.1, 0.15) is 17.7 Å². The number of carbonyl (C=O) groups excluding carboxylic acids is 1. The monoisotopic (exact) mass is 360 g/mol. The maximum atomic E-state index is 11.7. The number of aliphatic carboxylic acids is 1. The molecule has 0 radical (unpaired) electrons. The predicted octanol–water partition coefficient (Wildman–Crippen LogP) is 3.66. The molecule has 2 rings (SSSR count). The van der Waals surface area contributed by atoms with E-state index in [0.717, 1.165) is 17.8 Å². The molecule has 0 fully saturated rings. The number of alkyl halides is 3. The molecular weight excluding hydrogens is 345 g/mol. The number of carbonyl (C=O) groups is 2. The van der Waals surface area contributed by atoms with E-state index in [0.29, 0.717) is 6.42 Å². The summed E-state index contributed by atoms with van der Waals surface area (Å²) < 4.78 is 31.7. The lowest BCUT2D eigenvalue weighted by Crippen LogP contribution is -2.21. The zero-order chi connectivity index (χ0) is 18.2. The average molecular weight is 360 g/mol. The van der Waals surface area contributed by atoms with Crippen molar-refractivity contribution in [1.82, 2.24) is 4.98 Å². The van der Waals surface area contributed by atoms with E-state index in [9.17, 15) is 18.0 Å². The molecule has 0 aliphatic rings. The number of anilines is 1. The van der Waals surface area contributed by atoms with E-state index in [4.69, 9.17) is 9.90 Å². The molecule has 0 unspecified atom stereocenters. The number of halogens is 3. The zero-order valence-electron chi connectivity index (χ0n) is 12.6. The number of aromatic nitrogens is 1. The number of carboxylic acid groups (broad SMARTS) is 1. The number of aryl methyl sites for hydroxylation is 2. The van der Waals surface area contributed by atoms with Crippen molar-refractivity contribution < 1.29 is 27.9 Å². The van der Waals surface area contributed by atoms with Crippen LogP contribution in [0.5, 0.6) is 0 Å². The number of carboxylic acids is 1. The fraction of sp³-hybridized carbons (Fsp3) is 0.267. The number of rotatable bonds is 4. The van der Waals surface area contributed by atoms with Crippen LogP contribution in [0.25, 0.3) is 0 Å². The number of pyridine rings is 1. The Hall–Kier alpha value is -2.42. The van der Waals surface area contributed by atoms with Crippen LogP contribution in [-0.4, -0.2) is 28.1 Å². The lowest BCUT2D eigenvalue weighted by atomic mass is 10.2. The highest BCUT2D eigenvalue weighted by molar-refractivity contribution is 7.07. The van der Waals surface area contributed by atoms with Gasteiger partial charge in [0.25, 0.3) is 0 Å². The standard InChI is InChI=1S/C13H14N2OS.C2HF3O2/c1-10-2-4-12(8-14-10)15-13(16)5-3-11-6-7-17-9-11;3-2(4,5)1(6)7/h2,4,6-9H,3,5H2,1H3,(H,15,16);(H,6,7). The molecule has 9 heteroatoms. The maximum absolute atomic E-state index is 11.7. The molecule has 2 N–H and O–H groups in total. The Morgan fingerprint density at radius 3 is 2.42 bits per heavy atom.